The van der Waals surface area contributed by atoms with E-state index in [0.29, 0.717) is 15.8 Å². The molecule has 1 fully saturated rings. The number of rotatable bonds is 8. The van der Waals surface area contributed by atoms with Crippen molar-refractivity contribution in [3.8, 4) is 44.5 Å². The minimum absolute atomic E-state index is 0.330. The van der Waals surface area contributed by atoms with Crippen LogP contribution in [0.15, 0.2) is 221 Å². The Morgan fingerprint density at radius 1 is 0.317 bits per heavy atom. The summed E-state index contributed by atoms with van der Waals surface area (Å²) in [5.41, 5.74) is 16.4. The molecule has 3 atom stereocenters. The van der Waals surface area contributed by atoms with Crippen LogP contribution in [0.5, 0.6) is 0 Å². The molecule has 284 valence electrons. The second kappa shape index (κ2) is 14.5. The van der Waals surface area contributed by atoms with Crippen LogP contribution in [0.25, 0.3) is 88.4 Å². The van der Waals surface area contributed by atoms with Gasteiger partial charge < -0.3 is 8.83 Å². The molecule has 12 rings (SSSR count). The van der Waals surface area contributed by atoms with E-state index in [-0.39, 0.29) is 21.2 Å². The molecule has 0 amide bonds. The number of halogens is 1. The normalized spacial score (nSPS) is 16.2. The zero-order valence-electron chi connectivity index (χ0n) is 32.6. The van der Waals surface area contributed by atoms with Gasteiger partial charge in [0, 0.05) is 38.9 Å². The third kappa shape index (κ3) is 6.15. The summed E-state index contributed by atoms with van der Waals surface area (Å²) in [6.07, 6.45) is 0. The van der Waals surface area contributed by atoms with Gasteiger partial charge in [-0.3, -0.25) is 0 Å². The van der Waals surface area contributed by atoms with Gasteiger partial charge in [0.2, 0.25) is 0 Å². The molecule has 0 spiro atoms. The van der Waals surface area contributed by atoms with Crippen LogP contribution in [0, 0.1) is 3.57 Å². The van der Waals surface area contributed by atoms with E-state index < -0.39 is 0 Å². The molecule has 11 aromatic rings. The fourth-order valence-corrected chi connectivity index (χ4v) is 13.6. The molecule has 0 aliphatic heterocycles. The van der Waals surface area contributed by atoms with Gasteiger partial charge in [-0.25, -0.2) is 0 Å². The fraction of sp³-hybridized carbons (Fsp3) is 0.0526. The topological polar surface area (TPSA) is 26.3 Å². The molecule has 1 aliphatic rings. The fourth-order valence-electron chi connectivity index (χ4n) is 9.28. The highest BCUT2D eigenvalue weighted by Gasteiger charge is 2.61. The largest absolute Gasteiger partial charge is 0.456 e. The molecular formula is C57H38IO2+. The Morgan fingerprint density at radius 3 is 1.40 bits per heavy atom. The van der Waals surface area contributed by atoms with Crippen LogP contribution in [-0.2, 0) is 0 Å². The Kier molecular flexibility index (Phi) is 8.55. The molecule has 2 heterocycles. The lowest BCUT2D eigenvalue weighted by atomic mass is 9.98. The molecule has 2 nitrogen and oxygen atoms in total. The van der Waals surface area contributed by atoms with Gasteiger partial charge in [0.15, 0.2) is 7.49 Å². The molecule has 0 radical (unpaired) electrons. The lowest BCUT2D eigenvalue weighted by Crippen LogP contribution is -3.64. The van der Waals surface area contributed by atoms with Crippen molar-refractivity contribution in [2.75, 3.05) is 0 Å². The van der Waals surface area contributed by atoms with Crippen molar-refractivity contribution in [1.29, 1.82) is 0 Å². The predicted octanol–water partition coefficient (Wildman–Crippen LogP) is 12.4. The molecule has 1 saturated carbocycles. The van der Waals surface area contributed by atoms with E-state index in [2.05, 4.69) is 188 Å². The Bertz CT molecular complexity index is 3330. The average Bonchev–Trinajstić information content (AvgIpc) is 3.70. The van der Waals surface area contributed by atoms with Crippen LogP contribution < -0.4 is 21.2 Å². The van der Waals surface area contributed by atoms with Crippen LogP contribution >= 0.6 is 0 Å². The first kappa shape index (κ1) is 35.3. The number of hydrogen-bond acceptors (Lipinski definition) is 2. The van der Waals surface area contributed by atoms with Crippen LogP contribution in [0.3, 0.4) is 0 Å². The second-order valence-corrected chi connectivity index (χ2v) is 19.1. The Balaban J connectivity index is 0.871. The highest BCUT2D eigenvalue weighted by atomic mass is 127. The lowest BCUT2D eigenvalue weighted by molar-refractivity contribution is -0.641. The van der Waals surface area contributed by atoms with Crippen molar-refractivity contribution in [3.63, 3.8) is 0 Å². The minimum atomic E-state index is -0.330. The number of benzene rings is 9. The van der Waals surface area contributed by atoms with Gasteiger partial charge >= 0.3 is 21.2 Å². The molecule has 0 bridgehead atoms. The summed E-state index contributed by atoms with van der Waals surface area (Å²) in [5, 5.41) is 4.47. The van der Waals surface area contributed by atoms with Crippen molar-refractivity contribution in [2.45, 2.75) is 15.8 Å². The quantitative estimate of drug-likeness (QED) is 0.112. The zero-order valence-corrected chi connectivity index (χ0v) is 34.8. The summed E-state index contributed by atoms with van der Waals surface area (Å²) in [6, 6.07) is 77.4. The molecule has 60 heavy (non-hydrogen) atoms. The van der Waals surface area contributed by atoms with E-state index in [1.165, 1.54) is 53.6 Å². The van der Waals surface area contributed by atoms with E-state index in [0.717, 1.165) is 49.4 Å². The maximum absolute atomic E-state index is 6.51. The molecule has 0 N–H and O–H groups in total. The maximum Gasteiger partial charge on any atom is 0.318 e. The molecule has 2 aromatic heterocycles. The first-order chi connectivity index (χ1) is 29.7. The van der Waals surface area contributed by atoms with Gasteiger partial charge in [0.05, 0.1) is 0 Å². The third-order valence-corrected chi connectivity index (χ3v) is 16.2. The molecule has 3 heteroatoms. The van der Waals surface area contributed by atoms with Gasteiger partial charge in [-0.2, -0.15) is 0 Å². The number of fused-ring (bicyclic) bond motifs is 7. The third-order valence-electron chi connectivity index (χ3n) is 12.4. The summed E-state index contributed by atoms with van der Waals surface area (Å²) in [5.74, 6) is 0.942. The summed E-state index contributed by atoms with van der Waals surface area (Å²) in [7, 11) is 0. The highest BCUT2D eigenvalue weighted by molar-refractivity contribution is 6.25. The lowest BCUT2D eigenvalue weighted by Gasteiger charge is -2.06. The van der Waals surface area contributed by atoms with Crippen molar-refractivity contribution in [3.05, 3.63) is 227 Å². The SMILES string of the molecule is c1ccc(-c2ccc(-c3ccccc3[I+]C3C(c4ccc(-c5ccc6c(c5)oc5ccc7oc8ccccc8c7c56)cc4)[C@@H]3c3ccc(-c4ccccc4)cc3)cc2)cc1. The van der Waals surface area contributed by atoms with E-state index >= 15 is 0 Å². The predicted molar refractivity (Wildman–Crippen MR) is 244 cm³/mol. The Morgan fingerprint density at radius 2 is 0.767 bits per heavy atom. The first-order valence-electron chi connectivity index (χ1n) is 20.6. The highest BCUT2D eigenvalue weighted by Crippen LogP contribution is 2.52. The molecule has 0 saturated heterocycles. The number of hydrogen-bond donors (Lipinski definition) is 0. The van der Waals surface area contributed by atoms with Crippen LogP contribution in [0.4, 0.5) is 0 Å². The Hall–Kier alpha value is -6.69. The molecule has 2 unspecified atom stereocenters. The van der Waals surface area contributed by atoms with Crippen molar-refractivity contribution in [1.82, 2.24) is 0 Å². The number of furan rings is 2. The van der Waals surface area contributed by atoms with E-state index in [9.17, 15) is 0 Å². The van der Waals surface area contributed by atoms with Gasteiger partial charge in [-0.1, -0.05) is 170 Å². The summed E-state index contributed by atoms with van der Waals surface area (Å²) in [6.45, 7) is 0. The van der Waals surface area contributed by atoms with Crippen LogP contribution in [0.1, 0.15) is 23.0 Å². The van der Waals surface area contributed by atoms with Crippen LogP contribution in [-0.4, -0.2) is 3.92 Å². The van der Waals surface area contributed by atoms with Crippen molar-refractivity contribution < 1.29 is 30.0 Å². The standard InChI is InChI=1S/C57H38IO2/c1-3-11-36(12-4-1)38-19-25-41(26-20-38)45-15-7-9-17-48(45)58-57-53(42-27-21-39(22-28-42)37-13-5-2-6-14-37)54(57)43-29-23-40(24-30-43)44-31-32-47-52(35-44)60-51-34-33-50-55(56(47)51)46-16-8-10-18-49(46)59-50/h1-35,53-54,57H/q+1/t53-,54?,57?/m0/s1. The second-order valence-electron chi connectivity index (χ2n) is 15.9. The van der Waals surface area contributed by atoms with E-state index in [1.54, 1.807) is 0 Å². The van der Waals surface area contributed by atoms with Gasteiger partial charge in [0.1, 0.15) is 22.3 Å². The average molecular weight is 882 g/mol. The maximum atomic E-state index is 6.51. The Labute approximate surface area is 359 Å². The summed E-state index contributed by atoms with van der Waals surface area (Å²) >= 11 is -0.330. The smallest absolute Gasteiger partial charge is 0.318 e. The molecule has 1 aliphatic carbocycles. The van der Waals surface area contributed by atoms with Gasteiger partial charge in [-0.05, 0) is 92.5 Å². The van der Waals surface area contributed by atoms with Crippen molar-refractivity contribution in [2.24, 2.45) is 0 Å². The number of para-hydroxylation sites is 1. The van der Waals surface area contributed by atoms with Crippen molar-refractivity contribution >= 4 is 43.9 Å². The number of alkyl halides is 1. The van der Waals surface area contributed by atoms with E-state index in [1.807, 2.05) is 24.3 Å². The minimum Gasteiger partial charge on any atom is -0.456 e. The zero-order chi connectivity index (χ0) is 39.6. The first-order valence-corrected chi connectivity index (χ1v) is 23.0. The summed E-state index contributed by atoms with van der Waals surface area (Å²) in [4.78, 5) is 0. The summed E-state index contributed by atoms with van der Waals surface area (Å²) < 4.78 is 14.8. The monoisotopic (exact) mass is 881 g/mol. The van der Waals surface area contributed by atoms with Gasteiger partial charge in [0.25, 0.3) is 0 Å². The molecular weight excluding hydrogens is 844 g/mol. The van der Waals surface area contributed by atoms with Crippen LogP contribution in [0.2, 0.25) is 0 Å². The molecule has 9 aromatic carbocycles. The van der Waals surface area contributed by atoms with E-state index in [4.69, 9.17) is 8.83 Å². The van der Waals surface area contributed by atoms with Gasteiger partial charge in [-0.15, -0.1) is 0 Å².